The van der Waals surface area contributed by atoms with E-state index in [-0.39, 0.29) is 11.6 Å². The molecule has 2 N–H and O–H groups in total. The summed E-state index contributed by atoms with van der Waals surface area (Å²) in [4.78, 5) is 22.3. The minimum Gasteiger partial charge on any atom is -0.476 e. The molecule has 0 saturated heterocycles. The van der Waals surface area contributed by atoms with E-state index in [9.17, 15) is 9.59 Å². The zero-order valence-electron chi connectivity index (χ0n) is 9.39. The molecule has 0 radical (unpaired) electrons. The van der Waals surface area contributed by atoms with Gasteiger partial charge in [-0.3, -0.25) is 4.79 Å². The van der Waals surface area contributed by atoms with Crippen LogP contribution in [0.15, 0.2) is 0 Å². The van der Waals surface area contributed by atoms with Crippen LogP contribution in [0.5, 0.6) is 0 Å². The first-order chi connectivity index (χ1) is 7.49. The smallest absolute Gasteiger partial charge is 0.358 e. The van der Waals surface area contributed by atoms with Gasteiger partial charge in [-0.25, -0.2) is 9.48 Å². The Morgan fingerprint density at radius 1 is 1.56 bits per heavy atom. The molecule has 1 amide bonds. The van der Waals surface area contributed by atoms with E-state index in [1.165, 1.54) is 4.68 Å². The fourth-order valence-electron chi connectivity index (χ4n) is 1.34. The highest BCUT2D eigenvalue weighted by atomic mass is 16.4. The van der Waals surface area contributed by atoms with Crippen LogP contribution in [0.2, 0.25) is 0 Å². The Morgan fingerprint density at radius 3 is 2.62 bits per heavy atom. The molecular weight excluding hydrogens is 212 g/mol. The average Bonchev–Trinajstić information content (AvgIpc) is 2.59. The van der Waals surface area contributed by atoms with Crippen molar-refractivity contribution < 1.29 is 14.7 Å². The highest BCUT2D eigenvalue weighted by molar-refractivity contribution is 5.86. The van der Waals surface area contributed by atoms with Gasteiger partial charge >= 0.3 is 5.97 Å². The third-order valence-electron chi connectivity index (χ3n) is 2.23. The lowest BCUT2D eigenvalue weighted by molar-refractivity contribution is -0.124. The predicted molar refractivity (Wildman–Crippen MR) is 55.1 cm³/mol. The molecule has 0 aliphatic rings. The van der Waals surface area contributed by atoms with Crippen LogP contribution in [0.1, 0.15) is 36.1 Å². The van der Waals surface area contributed by atoms with Gasteiger partial charge in [-0.05, 0) is 20.8 Å². The number of nitrogens with zero attached hydrogens (tertiary/aromatic N) is 3. The first kappa shape index (κ1) is 12.2. The number of likely N-dealkylation sites (N-methyl/N-ethyl adjacent to an activating group) is 1. The number of carboxylic acids is 1. The highest BCUT2D eigenvalue weighted by Crippen LogP contribution is 2.10. The average molecular weight is 226 g/mol. The standard InChI is InChI=1S/C9H14N4O3/c1-4-10-8(14)6(3)13-5(2)7(9(15)16)11-12-13/h6H,4H2,1-3H3,(H,10,14)(H,15,16). The van der Waals surface area contributed by atoms with Crippen molar-refractivity contribution in [3.63, 3.8) is 0 Å². The molecule has 0 spiro atoms. The van der Waals surface area contributed by atoms with Gasteiger partial charge in [0.2, 0.25) is 5.91 Å². The number of carbonyl (C=O) groups is 2. The summed E-state index contributed by atoms with van der Waals surface area (Å²) in [6.07, 6.45) is 0. The maximum Gasteiger partial charge on any atom is 0.358 e. The highest BCUT2D eigenvalue weighted by Gasteiger charge is 2.22. The quantitative estimate of drug-likeness (QED) is 0.752. The Labute approximate surface area is 92.4 Å². The van der Waals surface area contributed by atoms with Crippen LogP contribution in [0.3, 0.4) is 0 Å². The second-order valence-electron chi connectivity index (χ2n) is 3.34. The Balaban J connectivity index is 2.96. The molecule has 0 aliphatic carbocycles. The van der Waals surface area contributed by atoms with Crippen molar-refractivity contribution in [2.75, 3.05) is 6.54 Å². The Hall–Kier alpha value is -1.92. The van der Waals surface area contributed by atoms with Crippen molar-refractivity contribution in [3.05, 3.63) is 11.4 Å². The van der Waals surface area contributed by atoms with Crippen molar-refractivity contribution in [2.24, 2.45) is 0 Å². The molecule has 1 atom stereocenters. The molecule has 7 heteroatoms. The van der Waals surface area contributed by atoms with Gasteiger partial charge < -0.3 is 10.4 Å². The van der Waals surface area contributed by atoms with Crippen molar-refractivity contribution in [2.45, 2.75) is 26.8 Å². The predicted octanol–water partition coefficient (Wildman–Crippen LogP) is -0.0182. The van der Waals surface area contributed by atoms with E-state index in [2.05, 4.69) is 15.6 Å². The van der Waals surface area contributed by atoms with Crippen molar-refractivity contribution >= 4 is 11.9 Å². The van der Waals surface area contributed by atoms with E-state index >= 15 is 0 Å². The number of rotatable bonds is 4. The Kier molecular flexibility index (Phi) is 3.60. The molecule has 1 heterocycles. The van der Waals surface area contributed by atoms with E-state index in [0.29, 0.717) is 12.2 Å². The molecule has 0 aromatic carbocycles. The second kappa shape index (κ2) is 4.73. The fourth-order valence-corrected chi connectivity index (χ4v) is 1.34. The van der Waals surface area contributed by atoms with Crippen molar-refractivity contribution in [1.29, 1.82) is 0 Å². The molecule has 0 saturated carbocycles. The zero-order chi connectivity index (χ0) is 12.3. The van der Waals surface area contributed by atoms with Crippen LogP contribution < -0.4 is 5.32 Å². The molecule has 0 fully saturated rings. The first-order valence-corrected chi connectivity index (χ1v) is 4.91. The van der Waals surface area contributed by atoms with Crippen molar-refractivity contribution in [3.8, 4) is 0 Å². The summed E-state index contributed by atoms with van der Waals surface area (Å²) >= 11 is 0. The minimum atomic E-state index is -1.15. The number of hydrogen-bond donors (Lipinski definition) is 2. The Morgan fingerprint density at radius 2 is 2.19 bits per heavy atom. The van der Waals surface area contributed by atoms with E-state index in [4.69, 9.17) is 5.11 Å². The monoisotopic (exact) mass is 226 g/mol. The number of carboxylic acid groups (broad SMARTS) is 1. The van der Waals surface area contributed by atoms with Crippen LogP contribution in [0.4, 0.5) is 0 Å². The third-order valence-corrected chi connectivity index (χ3v) is 2.23. The van der Waals surface area contributed by atoms with E-state index in [1.807, 2.05) is 6.92 Å². The van der Waals surface area contributed by atoms with Crippen LogP contribution in [-0.4, -0.2) is 38.5 Å². The molecule has 0 bridgehead atoms. The zero-order valence-corrected chi connectivity index (χ0v) is 9.39. The first-order valence-electron chi connectivity index (χ1n) is 4.91. The molecule has 88 valence electrons. The lowest BCUT2D eigenvalue weighted by Crippen LogP contribution is -2.31. The SMILES string of the molecule is CCNC(=O)C(C)n1nnc(C(=O)O)c1C. The lowest BCUT2D eigenvalue weighted by Gasteiger charge is -2.12. The topological polar surface area (TPSA) is 97.1 Å². The summed E-state index contributed by atoms with van der Waals surface area (Å²) in [7, 11) is 0. The molecule has 0 aliphatic heterocycles. The fraction of sp³-hybridized carbons (Fsp3) is 0.556. The lowest BCUT2D eigenvalue weighted by atomic mass is 10.3. The van der Waals surface area contributed by atoms with Gasteiger partial charge in [-0.2, -0.15) is 0 Å². The van der Waals surface area contributed by atoms with Crippen LogP contribution in [-0.2, 0) is 4.79 Å². The van der Waals surface area contributed by atoms with Gasteiger partial charge in [0.25, 0.3) is 0 Å². The van der Waals surface area contributed by atoms with E-state index < -0.39 is 12.0 Å². The summed E-state index contributed by atoms with van der Waals surface area (Å²) in [6, 6.07) is -0.569. The summed E-state index contributed by atoms with van der Waals surface area (Å²) in [6.45, 7) is 5.53. The van der Waals surface area contributed by atoms with Crippen molar-refractivity contribution in [1.82, 2.24) is 20.3 Å². The summed E-state index contributed by atoms with van der Waals surface area (Å²) in [5.41, 5.74) is 0.238. The summed E-state index contributed by atoms with van der Waals surface area (Å²) in [5, 5.41) is 18.6. The molecule has 1 aromatic rings. The molecule has 1 unspecified atom stereocenters. The minimum absolute atomic E-state index is 0.129. The number of aromatic carboxylic acids is 1. The number of nitrogens with one attached hydrogen (secondary N) is 1. The Bertz CT molecular complexity index is 413. The normalized spacial score (nSPS) is 12.2. The van der Waals surface area contributed by atoms with Gasteiger partial charge in [-0.1, -0.05) is 5.21 Å². The van der Waals surface area contributed by atoms with Gasteiger partial charge in [-0.15, -0.1) is 5.10 Å². The summed E-state index contributed by atoms with van der Waals surface area (Å²) < 4.78 is 1.30. The van der Waals surface area contributed by atoms with E-state index in [1.54, 1.807) is 13.8 Å². The van der Waals surface area contributed by atoms with Crippen LogP contribution in [0.25, 0.3) is 0 Å². The summed E-state index contributed by atoms with van der Waals surface area (Å²) in [5.74, 6) is -1.36. The molecule has 1 aromatic heterocycles. The maximum atomic E-state index is 11.5. The molecular formula is C9H14N4O3. The number of amides is 1. The van der Waals surface area contributed by atoms with Gasteiger partial charge in [0, 0.05) is 6.54 Å². The van der Waals surface area contributed by atoms with Gasteiger partial charge in [0.15, 0.2) is 5.69 Å². The maximum absolute atomic E-state index is 11.5. The number of carbonyl (C=O) groups excluding carboxylic acids is 1. The van der Waals surface area contributed by atoms with E-state index in [0.717, 1.165) is 0 Å². The number of hydrogen-bond acceptors (Lipinski definition) is 4. The second-order valence-corrected chi connectivity index (χ2v) is 3.34. The van der Waals surface area contributed by atoms with Crippen LogP contribution in [0, 0.1) is 6.92 Å². The third kappa shape index (κ3) is 2.18. The molecule has 16 heavy (non-hydrogen) atoms. The van der Waals surface area contributed by atoms with Gasteiger partial charge in [0.05, 0.1) is 5.69 Å². The van der Waals surface area contributed by atoms with Gasteiger partial charge in [0.1, 0.15) is 6.04 Å². The number of aromatic nitrogens is 3. The molecule has 7 nitrogen and oxygen atoms in total. The van der Waals surface area contributed by atoms with Crippen LogP contribution >= 0.6 is 0 Å². The largest absolute Gasteiger partial charge is 0.476 e. The molecule has 1 rings (SSSR count).